The van der Waals surface area contributed by atoms with Gasteiger partial charge in [0.05, 0.1) is 12.8 Å². The van der Waals surface area contributed by atoms with Crippen LogP contribution in [0.4, 0.5) is 11.5 Å². The fourth-order valence-electron chi connectivity index (χ4n) is 4.73. The fourth-order valence-corrected chi connectivity index (χ4v) is 4.90. The van der Waals surface area contributed by atoms with E-state index in [-0.39, 0.29) is 0 Å². The Hall–Kier alpha value is -2.76. The molecule has 6 heteroatoms. The van der Waals surface area contributed by atoms with Crippen LogP contribution in [-0.2, 0) is 13.0 Å². The van der Waals surface area contributed by atoms with Crippen molar-refractivity contribution >= 4 is 23.1 Å². The first kappa shape index (κ1) is 21.1. The molecule has 1 fully saturated rings. The minimum atomic E-state index is 0.452. The van der Waals surface area contributed by atoms with E-state index in [0.717, 1.165) is 59.6 Å². The average Bonchev–Trinajstić information content (AvgIpc) is 3.21. The lowest BCUT2D eigenvalue weighted by molar-refractivity contribution is 0.261. The van der Waals surface area contributed by atoms with Crippen molar-refractivity contribution in [2.24, 2.45) is 0 Å². The van der Waals surface area contributed by atoms with E-state index in [9.17, 15) is 0 Å². The molecule has 1 atom stereocenters. The van der Waals surface area contributed by atoms with Crippen LogP contribution in [0.2, 0.25) is 5.02 Å². The van der Waals surface area contributed by atoms with Gasteiger partial charge in [0.1, 0.15) is 12.4 Å². The lowest BCUT2D eigenvalue weighted by atomic mass is 10.1. The highest BCUT2D eigenvalue weighted by atomic mass is 35.5. The van der Waals surface area contributed by atoms with Crippen molar-refractivity contribution in [1.82, 2.24) is 9.88 Å². The van der Waals surface area contributed by atoms with Crippen LogP contribution in [0, 0.1) is 0 Å². The van der Waals surface area contributed by atoms with Crippen molar-refractivity contribution in [2.45, 2.75) is 31.9 Å². The summed E-state index contributed by atoms with van der Waals surface area (Å²) in [6.45, 7) is 3.55. The minimum Gasteiger partial charge on any atom is -0.497 e. The highest BCUT2D eigenvalue weighted by molar-refractivity contribution is 6.30. The van der Waals surface area contributed by atoms with Gasteiger partial charge in [-0.25, -0.2) is 4.98 Å². The summed E-state index contributed by atoms with van der Waals surface area (Å²) in [6, 6.07) is 18.8. The van der Waals surface area contributed by atoms with Crippen molar-refractivity contribution < 1.29 is 9.47 Å². The van der Waals surface area contributed by atoms with Crippen LogP contribution in [0.5, 0.6) is 11.5 Å². The quantitative estimate of drug-likeness (QED) is 0.498. The predicted molar refractivity (Wildman–Crippen MR) is 128 cm³/mol. The smallest absolute Gasteiger partial charge is 0.175 e. The van der Waals surface area contributed by atoms with E-state index in [1.807, 2.05) is 42.6 Å². The molecular weight excluding hydrogens is 422 g/mol. The van der Waals surface area contributed by atoms with E-state index in [1.54, 1.807) is 7.11 Å². The summed E-state index contributed by atoms with van der Waals surface area (Å²) in [5.41, 5.74) is 3.57. The molecule has 3 heterocycles. The number of rotatable bonds is 6. The predicted octanol–water partition coefficient (Wildman–Crippen LogP) is 5.48. The molecule has 2 aliphatic rings. The third-order valence-electron chi connectivity index (χ3n) is 6.47. The number of benzene rings is 2. The Morgan fingerprint density at radius 3 is 2.88 bits per heavy atom. The summed E-state index contributed by atoms with van der Waals surface area (Å²) in [7, 11) is 1.70. The Balaban J connectivity index is 1.36. The van der Waals surface area contributed by atoms with Crippen LogP contribution in [0.1, 0.15) is 24.0 Å². The number of methoxy groups -OCH3 is 1. The summed E-state index contributed by atoms with van der Waals surface area (Å²) < 4.78 is 11.4. The number of pyridine rings is 1. The van der Waals surface area contributed by atoms with Gasteiger partial charge in [-0.05, 0) is 67.8 Å². The van der Waals surface area contributed by atoms with Gasteiger partial charge in [0.25, 0.3) is 0 Å². The van der Waals surface area contributed by atoms with E-state index in [1.165, 1.54) is 18.4 Å². The molecule has 5 nitrogen and oxygen atoms in total. The van der Waals surface area contributed by atoms with Gasteiger partial charge in [0.2, 0.25) is 0 Å². The first-order chi connectivity index (χ1) is 15.7. The third kappa shape index (κ3) is 4.41. The number of nitrogens with zero attached hydrogens (tertiary/aromatic N) is 3. The molecule has 1 aromatic heterocycles. The first-order valence-electron chi connectivity index (χ1n) is 11.2. The van der Waals surface area contributed by atoms with Crippen LogP contribution in [-0.4, -0.2) is 42.7 Å². The molecule has 0 amide bonds. The molecule has 0 aliphatic carbocycles. The van der Waals surface area contributed by atoms with Gasteiger partial charge >= 0.3 is 0 Å². The van der Waals surface area contributed by atoms with Gasteiger partial charge in [-0.1, -0.05) is 29.8 Å². The molecule has 2 aliphatic heterocycles. The van der Waals surface area contributed by atoms with Gasteiger partial charge in [0, 0.05) is 35.9 Å². The van der Waals surface area contributed by atoms with Gasteiger partial charge in [-0.3, -0.25) is 4.90 Å². The molecule has 5 rings (SSSR count). The van der Waals surface area contributed by atoms with Crippen molar-refractivity contribution in [3.05, 3.63) is 76.9 Å². The number of halogens is 1. The topological polar surface area (TPSA) is 37.8 Å². The molecule has 166 valence electrons. The summed E-state index contributed by atoms with van der Waals surface area (Å²) in [5.74, 6) is 2.60. The van der Waals surface area contributed by atoms with Crippen LogP contribution < -0.4 is 14.4 Å². The Morgan fingerprint density at radius 2 is 2.03 bits per heavy atom. The van der Waals surface area contributed by atoms with Crippen LogP contribution >= 0.6 is 11.6 Å². The standard InChI is InChI=1S/C26H28ClN3O2/c1-31-23-10-6-19(7-11-23)12-15-29-14-3-4-22(29)17-30-24-16-21(27)9-8-20(24)18-32-25-5-2-13-28-26(25)30/h2,5-11,13,16,22H,3-4,12,14-15,17-18H2,1H3. The van der Waals surface area contributed by atoms with Gasteiger partial charge in [-0.15, -0.1) is 0 Å². The molecule has 1 saturated heterocycles. The molecule has 0 bridgehead atoms. The van der Waals surface area contributed by atoms with E-state index < -0.39 is 0 Å². The molecule has 0 N–H and O–H groups in total. The second-order valence-corrected chi connectivity index (χ2v) is 8.86. The van der Waals surface area contributed by atoms with Gasteiger partial charge < -0.3 is 14.4 Å². The number of aromatic nitrogens is 1. The third-order valence-corrected chi connectivity index (χ3v) is 6.70. The zero-order valence-corrected chi connectivity index (χ0v) is 19.1. The molecule has 2 aromatic carbocycles. The maximum absolute atomic E-state index is 6.40. The average molecular weight is 450 g/mol. The van der Waals surface area contributed by atoms with E-state index in [0.29, 0.717) is 12.6 Å². The fraction of sp³-hybridized carbons (Fsp3) is 0.346. The van der Waals surface area contributed by atoms with E-state index in [4.69, 9.17) is 26.1 Å². The van der Waals surface area contributed by atoms with Gasteiger partial charge in [-0.2, -0.15) is 0 Å². The lowest BCUT2D eigenvalue weighted by Crippen LogP contribution is -2.40. The SMILES string of the molecule is COc1ccc(CCN2CCCC2CN2c3cc(Cl)ccc3COc3cccnc32)cc1. The molecular formula is C26H28ClN3O2. The Labute approximate surface area is 194 Å². The number of hydrogen-bond donors (Lipinski definition) is 0. The van der Waals surface area contributed by atoms with E-state index in [2.05, 4.69) is 28.0 Å². The second kappa shape index (κ2) is 9.39. The first-order valence-corrected chi connectivity index (χ1v) is 11.6. The summed E-state index contributed by atoms with van der Waals surface area (Å²) in [4.78, 5) is 9.61. The maximum Gasteiger partial charge on any atom is 0.175 e. The highest BCUT2D eigenvalue weighted by Gasteiger charge is 2.30. The normalized spacial score (nSPS) is 17.9. The van der Waals surface area contributed by atoms with Gasteiger partial charge in [0.15, 0.2) is 11.6 Å². The molecule has 0 saturated carbocycles. The van der Waals surface area contributed by atoms with Crippen LogP contribution in [0.15, 0.2) is 60.8 Å². The van der Waals surface area contributed by atoms with E-state index >= 15 is 0 Å². The number of ether oxygens (including phenoxy) is 2. The number of likely N-dealkylation sites (tertiary alicyclic amines) is 1. The van der Waals surface area contributed by atoms with Crippen molar-refractivity contribution in [1.29, 1.82) is 0 Å². The summed E-state index contributed by atoms with van der Waals surface area (Å²) in [5, 5.41) is 0.732. The Morgan fingerprint density at radius 1 is 1.16 bits per heavy atom. The zero-order valence-electron chi connectivity index (χ0n) is 18.3. The largest absolute Gasteiger partial charge is 0.497 e. The zero-order chi connectivity index (χ0) is 21.9. The number of hydrogen-bond acceptors (Lipinski definition) is 5. The second-order valence-electron chi connectivity index (χ2n) is 8.43. The molecule has 0 radical (unpaired) electrons. The molecule has 3 aromatic rings. The lowest BCUT2D eigenvalue weighted by Gasteiger charge is -2.32. The van der Waals surface area contributed by atoms with Crippen LogP contribution in [0.25, 0.3) is 0 Å². The van der Waals surface area contributed by atoms with Crippen molar-refractivity contribution in [2.75, 3.05) is 31.6 Å². The summed E-state index contributed by atoms with van der Waals surface area (Å²) >= 11 is 6.40. The molecule has 0 spiro atoms. The Kier molecular flexibility index (Phi) is 6.19. The number of anilines is 2. The van der Waals surface area contributed by atoms with Crippen LogP contribution in [0.3, 0.4) is 0 Å². The Bertz CT molecular complexity index is 1070. The monoisotopic (exact) mass is 449 g/mol. The van der Waals surface area contributed by atoms with Crippen molar-refractivity contribution in [3.8, 4) is 11.5 Å². The highest BCUT2D eigenvalue weighted by Crippen LogP contribution is 2.39. The number of fused-ring (bicyclic) bond motifs is 2. The van der Waals surface area contributed by atoms with Crippen molar-refractivity contribution in [3.63, 3.8) is 0 Å². The molecule has 1 unspecified atom stereocenters. The maximum atomic E-state index is 6.40. The minimum absolute atomic E-state index is 0.452. The molecule has 32 heavy (non-hydrogen) atoms. The summed E-state index contributed by atoms with van der Waals surface area (Å²) in [6.07, 6.45) is 5.26.